The lowest BCUT2D eigenvalue weighted by Gasteiger charge is -2.26. The van der Waals surface area contributed by atoms with E-state index >= 15 is 0 Å². The molecular formula is C23H28ClN5O4S. The largest absolute Gasteiger partial charge is 0.354 e. The quantitative estimate of drug-likeness (QED) is 0.509. The van der Waals surface area contributed by atoms with Crippen molar-refractivity contribution in [3.8, 4) is 0 Å². The predicted molar refractivity (Wildman–Crippen MR) is 131 cm³/mol. The molecule has 1 aromatic heterocycles. The summed E-state index contributed by atoms with van der Waals surface area (Å²) in [5.41, 5.74) is 0.931. The van der Waals surface area contributed by atoms with Crippen molar-refractivity contribution in [2.24, 2.45) is 0 Å². The molecule has 1 fully saturated rings. The summed E-state index contributed by atoms with van der Waals surface area (Å²) in [6.45, 7) is 4.14. The third-order valence-corrected chi connectivity index (χ3v) is 6.36. The number of thiazole rings is 1. The van der Waals surface area contributed by atoms with E-state index in [0.29, 0.717) is 34.4 Å². The highest BCUT2D eigenvalue weighted by Gasteiger charge is 2.24. The van der Waals surface area contributed by atoms with Crippen LogP contribution >= 0.6 is 22.9 Å². The van der Waals surface area contributed by atoms with Gasteiger partial charge in [-0.25, -0.2) is 4.98 Å². The standard InChI is InChI=1S/C23H28ClN5O4S/c1-14(2)29(22(33)15-6-8-16(24)9-7-15)12-20(31)28-23-26-17(13-34-23)11-19(30)27-18-5-3-4-10-25-21(18)32/h6-9,13-14,18H,3-5,10-12H2,1-2H3,(H,25,32)(H,27,30)(H,26,28,31). The second-order valence-electron chi connectivity index (χ2n) is 8.31. The van der Waals surface area contributed by atoms with Crippen molar-refractivity contribution in [1.82, 2.24) is 20.5 Å². The molecule has 0 saturated carbocycles. The lowest BCUT2D eigenvalue weighted by Crippen LogP contribution is -2.46. The molecule has 3 rings (SSSR count). The Labute approximate surface area is 207 Å². The van der Waals surface area contributed by atoms with Gasteiger partial charge in [-0.1, -0.05) is 11.6 Å². The molecule has 0 aliphatic carbocycles. The highest BCUT2D eigenvalue weighted by atomic mass is 35.5. The van der Waals surface area contributed by atoms with Crippen molar-refractivity contribution in [1.29, 1.82) is 0 Å². The lowest BCUT2D eigenvalue weighted by atomic mass is 10.1. The normalized spacial score (nSPS) is 15.9. The molecule has 11 heteroatoms. The van der Waals surface area contributed by atoms with Crippen LogP contribution in [0.3, 0.4) is 0 Å². The number of nitrogens with one attached hydrogen (secondary N) is 3. The van der Waals surface area contributed by atoms with Crippen LogP contribution in [0.5, 0.6) is 0 Å². The highest BCUT2D eigenvalue weighted by Crippen LogP contribution is 2.17. The van der Waals surface area contributed by atoms with Crippen LogP contribution in [0.25, 0.3) is 0 Å². The van der Waals surface area contributed by atoms with Gasteiger partial charge in [0.1, 0.15) is 12.6 Å². The fourth-order valence-corrected chi connectivity index (χ4v) is 4.35. The molecule has 0 bridgehead atoms. The van der Waals surface area contributed by atoms with E-state index < -0.39 is 11.9 Å². The van der Waals surface area contributed by atoms with E-state index in [0.717, 1.165) is 12.8 Å². The van der Waals surface area contributed by atoms with Crippen molar-refractivity contribution in [3.63, 3.8) is 0 Å². The number of carbonyl (C=O) groups is 4. The Morgan fingerprint density at radius 2 is 1.94 bits per heavy atom. The zero-order valence-corrected chi connectivity index (χ0v) is 20.7. The Hall–Kier alpha value is -2.98. The maximum atomic E-state index is 12.8. The summed E-state index contributed by atoms with van der Waals surface area (Å²) in [5.74, 6) is -1.14. The Morgan fingerprint density at radius 3 is 2.65 bits per heavy atom. The van der Waals surface area contributed by atoms with Crippen molar-refractivity contribution in [2.45, 2.75) is 51.6 Å². The number of hydrogen-bond donors (Lipinski definition) is 3. The van der Waals surface area contributed by atoms with Crippen LogP contribution in [0.1, 0.15) is 49.2 Å². The Kier molecular flexibility index (Phi) is 9.00. The van der Waals surface area contributed by atoms with Gasteiger partial charge in [-0.15, -0.1) is 11.3 Å². The average Bonchev–Trinajstić information content (AvgIpc) is 3.12. The molecule has 4 amide bonds. The Morgan fingerprint density at radius 1 is 1.21 bits per heavy atom. The van der Waals surface area contributed by atoms with Crippen LogP contribution in [0.2, 0.25) is 5.02 Å². The van der Waals surface area contributed by atoms with Gasteiger partial charge in [0.05, 0.1) is 12.1 Å². The average molecular weight is 506 g/mol. The van der Waals surface area contributed by atoms with Gasteiger partial charge in [0.2, 0.25) is 17.7 Å². The van der Waals surface area contributed by atoms with Gasteiger partial charge in [-0.3, -0.25) is 19.2 Å². The number of benzene rings is 1. The number of aromatic nitrogens is 1. The van der Waals surface area contributed by atoms with Gasteiger partial charge in [0.25, 0.3) is 5.91 Å². The van der Waals surface area contributed by atoms with Crippen LogP contribution in [-0.2, 0) is 20.8 Å². The van der Waals surface area contributed by atoms with Gasteiger partial charge < -0.3 is 20.9 Å². The van der Waals surface area contributed by atoms with Gasteiger partial charge in [0, 0.05) is 28.6 Å². The zero-order chi connectivity index (χ0) is 24.7. The summed E-state index contributed by atoms with van der Waals surface area (Å²) in [6, 6.07) is 5.76. The summed E-state index contributed by atoms with van der Waals surface area (Å²) < 4.78 is 0. The molecule has 0 spiro atoms. The first kappa shape index (κ1) is 25.6. The summed E-state index contributed by atoms with van der Waals surface area (Å²) in [5, 5.41) is 10.8. The van der Waals surface area contributed by atoms with Gasteiger partial charge in [-0.2, -0.15) is 0 Å². The van der Waals surface area contributed by atoms with Crippen LogP contribution in [0, 0.1) is 0 Å². The van der Waals surface area contributed by atoms with Crippen molar-refractivity contribution in [3.05, 3.63) is 45.9 Å². The molecule has 1 unspecified atom stereocenters. The number of halogens is 1. The predicted octanol–water partition coefficient (Wildman–Crippen LogP) is 2.61. The number of amides is 4. The van der Waals surface area contributed by atoms with Crippen LogP contribution in [0.4, 0.5) is 5.13 Å². The van der Waals surface area contributed by atoms with Crippen LogP contribution < -0.4 is 16.0 Å². The molecule has 1 aliphatic heterocycles. The summed E-state index contributed by atoms with van der Waals surface area (Å²) in [4.78, 5) is 55.5. The molecule has 1 aliphatic rings. The lowest BCUT2D eigenvalue weighted by molar-refractivity contribution is -0.128. The number of nitrogens with zero attached hydrogens (tertiary/aromatic N) is 2. The van der Waals surface area contributed by atoms with E-state index in [-0.39, 0.29) is 36.7 Å². The monoisotopic (exact) mass is 505 g/mol. The van der Waals surface area contributed by atoms with E-state index in [4.69, 9.17) is 11.6 Å². The molecule has 2 heterocycles. The number of rotatable bonds is 8. The van der Waals surface area contributed by atoms with Gasteiger partial charge in [-0.05, 0) is 57.4 Å². The van der Waals surface area contributed by atoms with Crippen LogP contribution in [0.15, 0.2) is 29.6 Å². The molecule has 1 aromatic carbocycles. The molecule has 1 saturated heterocycles. The fourth-order valence-electron chi connectivity index (χ4n) is 3.49. The molecule has 2 aromatic rings. The minimum absolute atomic E-state index is 0.00330. The topological polar surface area (TPSA) is 120 Å². The fraction of sp³-hybridized carbons (Fsp3) is 0.435. The number of hydrogen-bond acceptors (Lipinski definition) is 6. The Balaban J connectivity index is 1.54. The first-order valence-electron chi connectivity index (χ1n) is 11.1. The van der Waals surface area contributed by atoms with E-state index in [1.165, 1.54) is 16.2 Å². The number of anilines is 1. The smallest absolute Gasteiger partial charge is 0.254 e. The highest BCUT2D eigenvalue weighted by molar-refractivity contribution is 7.13. The van der Waals surface area contributed by atoms with E-state index in [2.05, 4.69) is 20.9 Å². The molecule has 182 valence electrons. The van der Waals surface area contributed by atoms with E-state index in [1.807, 2.05) is 13.8 Å². The van der Waals surface area contributed by atoms with Crippen molar-refractivity contribution < 1.29 is 19.2 Å². The summed E-state index contributed by atoms with van der Waals surface area (Å²) >= 11 is 7.08. The maximum absolute atomic E-state index is 12.8. The van der Waals surface area contributed by atoms with Crippen molar-refractivity contribution in [2.75, 3.05) is 18.4 Å². The second-order valence-corrected chi connectivity index (χ2v) is 9.60. The minimum atomic E-state index is -0.534. The van der Waals surface area contributed by atoms with E-state index in [1.54, 1.807) is 29.6 Å². The second kappa shape index (κ2) is 11.9. The maximum Gasteiger partial charge on any atom is 0.254 e. The zero-order valence-electron chi connectivity index (χ0n) is 19.1. The van der Waals surface area contributed by atoms with Gasteiger partial charge in [0.15, 0.2) is 5.13 Å². The third-order valence-electron chi connectivity index (χ3n) is 5.30. The SMILES string of the molecule is CC(C)N(CC(=O)Nc1nc(CC(=O)NC2CCCCNC2=O)cs1)C(=O)c1ccc(Cl)cc1. The first-order chi connectivity index (χ1) is 16.2. The molecule has 3 N–H and O–H groups in total. The summed E-state index contributed by atoms with van der Waals surface area (Å²) in [6.07, 6.45) is 2.37. The third kappa shape index (κ3) is 7.26. The number of carbonyl (C=O) groups excluding carboxylic acids is 4. The first-order valence-corrected chi connectivity index (χ1v) is 12.4. The molecule has 9 nitrogen and oxygen atoms in total. The molecule has 1 atom stereocenters. The van der Waals surface area contributed by atoms with Crippen LogP contribution in [-0.4, -0.2) is 58.7 Å². The Bertz CT molecular complexity index is 1040. The van der Waals surface area contributed by atoms with Gasteiger partial charge >= 0.3 is 0 Å². The minimum Gasteiger partial charge on any atom is -0.354 e. The summed E-state index contributed by atoms with van der Waals surface area (Å²) in [7, 11) is 0. The molecular weight excluding hydrogens is 478 g/mol. The van der Waals surface area contributed by atoms with E-state index in [9.17, 15) is 19.2 Å². The molecule has 34 heavy (non-hydrogen) atoms. The molecule has 0 radical (unpaired) electrons. The van der Waals surface area contributed by atoms with Crippen molar-refractivity contribution >= 4 is 51.7 Å².